The normalized spacial score (nSPS) is 16.0. The number of thiazole rings is 2. The highest BCUT2D eigenvalue weighted by Crippen LogP contribution is 2.21. The van der Waals surface area contributed by atoms with E-state index in [1.54, 1.807) is 39.9 Å². The Hall–Kier alpha value is -4.33. The fourth-order valence-corrected chi connectivity index (χ4v) is 7.50. The number of piperazine rings is 1. The lowest BCUT2D eigenvalue weighted by Crippen LogP contribution is -2.62. The van der Waals surface area contributed by atoms with Crippen LogP contribution in [0.3, 0.4) is 0 Å². The van der Waals surface area contributed by atoms with Gasteiger partial charge in [0.05, 0.1) is 27.6 Å². The molecule has 0 bridgehead atoms. The van der Waals surface area contributed by atoms with Crippen LogP contribution in [0.15, 0.2) is 77.8 Å². The average molecular weight is 732 g/mol. The van der Waals surface area contributed by atoms with Crippen LogP contribution >= 0.6 is 22.7 Å². The van der Waals surface area contributed by atoms with Gasteiger partial charge < -0.3 is 30.1 Å². The molecule has 0 unspecified atom stereocenters. The van der Waals surface area contributed by atoms with E-state index in [9.17, 15) is 14.4 Å². The number of carbonyl (C=O) groups is 3. The van der Waals surface area contributed by atoms with Crippen LogP contribution in [0.2, 0.25) is 0 Å². The minimum atomic E-state index is -0.654. The zero-order chi connectivity index (χ0) is 36.2. The zero-order valence-corrected chi connectivity index (χ0v) is 31.5. The molecule has 3 atom stereocenters. The van der Waals surface area contributed by atoms with Gasteiger partial charge >= 0.3 is 12.1 Å². The number of benzene rings is 2. The number of carbonyl (C=O) groups excluding carboxylic acids is 3. The van der Waals surface area contributed by atoms with Gasteiger partial charge in [-0.15, -0.1) is 22.7 Å². The predicted molar refractivity (Wildman–Crippen MR) is 202 cm³/mol. The Morgan fingerprint density at radius 3 is 2.18 bits per heavy atom. The summed E-state index contributed by atoms with van der Waals surface area (Å²) in [7, 11) is 3.74. The standard InChI is InChI=1S/C38H49N7O4S2/c1-27(2)36-41-32(25-50-36)22-44(4)38(48)45-18-17-43(3)23-34(45)35(46)40-30(19-28-11-7-5-8-12-28)15-16-31(20-29-13-9-6-10-14-29)42-37(47)49-24-33-21-39-26-51-33/h5-14,21,25-27,30-31,34H,15-20,22-24H2,1-4H3,(H,40,46)(H,42,47)/t30-,31-,34-/m1/s1. The van der Waals surface area contributed by atoms with Crippen molar-refractivity contribution in [3.63, 3.8) is 0 Å². The second-order valence-corrected chi connectivity index (χ2v) is 15.3. The number of ether oxygens (including phenoxy) is 1. The van der Waals surface area contributed by atoms with Crippen LogP contribution < -0.4 is 10.6 Å². The van der Waals surface area contributed by atoms with Gasteiger partial charge in [-0.1, -0.05) is 74.5 Å². The molecule has 51 heavy (non-hydrogen) atoms. The molecular formula is C38H49N7O4S2. The van der Waals surface area contributed by atoms with Crippen molar-refractivity contribution >= 4 is 40.7 Å². The van der Waals surface area contributed by atoms with Gasteiger partial charge in [-0.05, 0) is 43.9 Å². The van der Waals surface area contributed by atoms with E-state index in [1.165, 1.54) is 11.3 Å². The molecule has 0 spiro atoms. The lowest BCUT2D eigenvalue weighted by Gasteiger charge is -2.41. The third kappa shape index (κ3) is 11.6. The van der Waals surface area contributed by atoms with Crippen molar-refractivity contribution in [1.82, 2.24) is 35.3 Å². The molecule has 0 aliphatic carbocycles. The van der Waals surface area contributed by atoms with E-state index in [-0.39, 0.29) is 30.6 Å². The smallest absolute Gasteiger partial charge is 0.407 e. The van der Waals surface area contributed by atoms with Crippen LogP contribution in [0.25, 0.3) is 0 Å². The molecule has 5 rings (SSSR count). The second-order valence-electron chi connectivity index (χ2n) is 13.5. The van der Waals surface area contributed by atoms with Gasteiger partial charge in [0.1, 0.15) is 12.6 Å². The number of hydrogen-bond donors (Lipinski definition) is 2. The van der Waals surface area contributed by atoms with Crippen LogP contribution in [0.4, 0.5) is 9.59 Å². The van der Waals surface area contributed by atoms with Gasteiger partial charge in [0, 0.05) is 56.3 Å². The molecule has 3 heterocycles. The summed E-state index contributed by atoms with van der Waals surface area (Å²) in [5.74, 6) is 0.142. The van der Waals surface area contributed by atoms with Gasteiger partial charge in [0.15, 0.2) is 0 Å². The summed E-state index contributed by atoms with van der Waals surface area (Å²) in [5, 5.41) is 9.44. The first kappa shape index (κ1) is 37.9. The fourth-order valence-electron chi connectivity index (χ4n) is 6.17. The Bertz CT molecular complexity index is 1670. The quantitative estimate of drug-likeness (QED) is 0.156. The van der Waals surface area contributed by atoms with Crippen molar-refractivity contribution in [1.29, 1.82) is 0 Å². The van der Waals surface area contributed by atoms with E-state index >= 15 is 0 Å². The van der Waals surface area contributed by atoms with Crippen LogP contribution in [0.1, 0.15) is 59.3 Å². The van der Waals surface area contributed by atoms with Gasteiger partial charge in [-0.2, -0.15) is 0 Å². The summed E-state index contributed by atoms with van der Waals surface area (Å²) in [5.41, 5.74) is 4.75. The predicted octanol–water partition coefficient (Wildman–Crippen LogP) is 5.94. The molecule has 0 saturated carbocycles. The summed E-state index contributed by atoms with van der Waals surface area (Å²) in [4.78, 5) is 56.0. The van der Waals surface area contributed by atoms with Gasteiger partial charge in [-0.3, -0.25) is 9.78 Å². The van der Waals surface area contributed by atoms with E-state index in [0.717, 1.165) is 26.7 Å². The lowest BCUT2D eigenvalue weighted by molar-refractivity contribution is -0.128. The Kier molecular flexibility index (Phi) is 14.0. The SMILES string of the molecule is CC(C)c1nc(CN(C)C(=O)N2CCN(C)C[C@@H]2C(=O)N[C@H](CC[C@H](Cc2ccccc2)NC(=O)OCc2cncs2)Cc2ccccc2)cs1. The average Bonchev–Trinajstić information content (AvgIpc) is 3.83. The molecule has 13 heteroatoms. The number of aromatic nitrogens is 2. The number of alkyl carbamates (subject to hydrolysis) is 1. The molecule has 1 saturated heterocycles. The van der Waals surface area contributed by atoms with E-state index in [2.05, 4.69) is 46.5 Å². The van der Waals surface area contributed by atoms with Crippen LogP contribution in [-0.2, 0) is 35.5 Å². The lowest BCUT2D eigenvalue weighted by atomic mass is 9.95. The number of hydrogen-bond acceptors (Lipinski definition) is 9. The maximum absolute atomic E-state index is 14.2. The van der Waals surface area contributed by atoms with Crippen LogP contribution in [-0.4, -0.2) is 94.6 Å². The number of rotatable bonds is 15. The summed E-state index contributed by atoms with van der Waals surface area (Å²) in [6, 6.07) is 18.8. The molecule has 1 aliphatic rings. The number of likely N-dealkylation sites (N-methyl/N-ethyl adjacent to an activating group) is 1. The first-order valence-electron chi connectivity index (χ1n) is 17.5. The maximum Gasteiger partial charge on any atom is 0.407 e. The Balaban J connectivity index is 1.28. The number of nitrogens with zero attached hydrogens (tertiary/aromatic N) is 5. The minimum Gasteiger partial charge on any atom is -0.444 e. The molecule has 11 nitrogen and oxygen atoms in total. The fraction of sp³-hybridized carbons (Fsp3) is 0.447. The summed E-state index contributed by atoms with van der Waals surface area (Å²) < 4.78 is 5.51. The first-order valence-corrected chi connectivity index (χ1v) is 19.2. The van der Waals surface area contributed by atoms with Gasteiger partial charge in [-0.25, -0.2) is 14.6 Å². The van der Waals surface area contributed by atoms with E-state index in [4.69, 9.17) is 9.72 Å². The number of nitrogens with one attached hydrogen (secondary N) is 2. The zero-order valence-electron chi connectivity index (χ0n) is 29.9. The molecule has 1 fully saturated rings. The molecule has 0 radical (unpaired) electrons. The van der Waals surface area contributed by atoms with Crippen molar-refractivity contribution in [2.75, 3.05) is 33.7 Å². The van der Waals surface area contributed by atoms with Crippen LogP contribution in [0, 0.1) is 0 Å². The Morgan fingerprint density at radius 1 is 0.941 bits per heavy atom. The van der Waals surface area contributed by atoms with Crippen molar-refractivity contribution in [2.24, 2.45) is 0 Å². The van der Waals surface area contributed by atoms with E-state index in [0.29, 0.717) is 57.8 Å². The molecule has 272 valence electrons. The molecule has 2 N–H and O–H groups in total. The monoisotopic (exact) mass is 731 g/mol. The summed E-state index contributed by atoms with van der Waals surface area (Å²) in [6.07, 6.45) is 3.63. The van der Waals surface area contributed by atoms with Gasteiger partial charge in [0.2, 0.25) is 5.91 Å². The van der Waals surface area contributed by atoms with Crippen molar-refractivity contribution in [3.05, 3.63) is 104 Å². The van der Waals surface area contributed by atoms with Crippen molar-refractivity contribution in [3.8, 4) is 0 Å². The van der Waals surface area contributed by atoms with Crippen LogP contribution in [0.5, 0.6) is 0 Å². The molecule has 2 aromatic carbocycles. The number of amides is 4. The largest absolute Gasteiger partial charge is 0.444 e. The first-order chi connectivity index (χ1) is 24.6. The molecule has 2 aromatic heterocycles. The molecule has 4 amide bonds. The highest BCUT2D eigenvalue weighted by atomic mass is 32.1. The summed E-state index contributed by atoms with van der Waals surface area (Å²) in [6.45, 7) is 6.30. The highest BCUT2D eigenvalue weighted by molar-refractivity contribution is 7.09. The molecule has 1 aliphatic heterocycles. The maximum atomic E-state index is 14.2. The second kappa shape index (κ2) is 18.8. The van der Waals surface area contributed by atoms with E-state index in [1.807, 2.05) is 61.0 Å². The Labute approximate surface area is 309 Å². The van der Waals surface area contributed by atoms with Crippen molar-refractivity contribution < 1.29 is 19.1 Å². The summed E-state index contributed by atoms with van der Waals surface area (Å²) >= 11 is 3.04. The third-order valence-corrected chi connectivity index (χ3v) is 10.9. The van der Waals surface area contributed by atoms with Gasteiger partial charge in [0.25, 0.3) is 0 Å². The third-order valence-electron chi connectivity index (χ3n) is 8.93. The molecular weight excluding hydrogens is 683 g/mol. The molecule has 4 aromatic rings. The van der Waals surface area contributed by atoms with E-state index < -0.39 is 12.1 Å². The minimum absolute atomic E-state index is 0.157. The number of urea groups is 1. The van der Waals surface area contributed by atoms with Crippen molar-refractivity contribution in [2.45, 2.75) is 76.7 Å². The Morgan fingerprint density at radius 2 is 1.59 bits per heavy atom. The topological polar surface area (TPSA) is 120 Å². The highest BCUT2D eigenvalue weighted by Gasteiger charge is 2.36.